The lowest BCUT2D eigenvalue weighted by molar-refractivity contribution is -0.120. The second-order valence-corrected chi connectivity index (χ2v) is 7.02. The van der Waals surface area contributed by atoms with E-state index in [0.717, 1.165) is 5.57 Å². The third kappa shape index (κ3) is 3.03. The van der Waals surface area contributed by atoms with E-state index in [1.54, 1.807) is 0 Å². The van der Waals surface area contributed by atoms with Crippen LogP contribution in [0.25, 0.3) is 0 Å². The Morgan fingerprint density at radius 1 is 1.20 bits per heavy atom. The van der Waals surface area contributed by atoms with Crippen LogP contribution in [0.1, 0.15) is 26.7 Å². The second-order valence-electron chi connectivity index (χ2n) is 4.05. The molecule has 0 heterocycles. The van der Waals surface area contributed by atoms with Gasteiger partial charge in [0.1, 0.15) is 0 Å². The zero-order valence-corrected chi connectivity index (χ0v) is 11.5. The standard InChI is InChI=1S/C10H12Cl4O/c1-6(2)7-3-4-9(11,12)8(15)10(13,14)5-7/h3,6H,4-5H2,1-2H3. The van der Waals surface area contributed by atoms with E-state index in [2.05, 4.69) is 0 Å². The molecule has 1 nitrogen and oxygen atoms in total. The molecular formula is C10H12Cl4O. The highest BCUT2D eigenvalue weighted by Crippen LogP contribution is 2.44. The first-order valence-electron chi connectivity index (χ1n) is 4.66. The highest BCUT2D eigenvalue weighted by Gasteiger charge is 2.48. The molecule has 1 rings (SSSR count). The number of hydrogen-bond donors (Lipinski definition) is 0. The SMILES string of the molecule is CC(C)C1=CCC(Cl)(Cl)C(=O)C(Cl)(Cl)C1. The van der Waals surface area contributed by atoms with E-state index in [-0.39, 0.29) is 18.8 Å². The monoisotopic (exact) mass is 288 g/mol. The molecule has 0 bridgehead atoms. The number of ketones is 1. The van der Waals surface area contributed by atoms with Gasteiger partial charge < -0.3 is 0 Å². The highest BCUT2D eigenvalue weighted by molar-refractivity contribution is 6.68. The molecule has 0 atom stereocenters. The van der Waals surface area contributed by atoms with E-state index in [4.69, 9.17) is 46.4 Å². The quantitative estimate of drug-likeness (QED) is 0.520. The van der Waals surface area contributed by atoms with Gasteiger partial charge in [0.25, 0.3) is 0 Å². The number of alkyl halides is 4. The number of rotatable bonds is 1. The number of carbonyl (C=O) groups is 1. The number of halogens is 4. The van der Waals surface area contributed by atoms with Gasteiger partial charge in [-0.1, -0.05) is 71.9 Å². The molecule has 0 radical (unpaired) electrons. The molecule has 0 aromatic carbocycles. The van der Waals surface area contributed by atoms with Gasteiger partial charge in [-0.15, -0.1) is 0 Å². The number of Topliss-reactive ketones (excluding diaryl/α,β-unsaturated/α-hetero) is 1. The summed E-state index contributed by atoms with van der Waals surface area (Å²) in [6.45, 7) is 4.02. The molecule has 1 aliphatic carbocycles. The first kappa shape index (κ1) is 13.6. The largest absolute Gasteiger partial charge is 0.293 e. The molecule has 0 unspecified atom stereocenters. The zero-order valence-electron chi connectivity index (χ0n) is 8.49. The fraction of sp³-hybridized carbons (Fsp3) is 0.700. The van der Waals surface area contributed by atoms with Crippen LogP contribution in [0.2, 0.25) is 0 Å². The van der Waals surface area contributed by atoms with Gasteiger partial charge in [0.05, 0.1) is 0 Å². The van der Waals surface area contributed by atoms with Gasteiger partial charge in [0.15, 0.2) is 8.67 Å². The molecule has 0 saturated carbocycles. The van der Waals surface area contributed by atoms with Gasteiger partial charge >= 0.3 is 0 Å². The fourth-order valence-corrected chi connectivity index (χ4v) is 2.77. The van der Waals surface area contributed by atoms with E-state index in [0.29, 0.717) is 0 Å². The molecule has 0 N–H and O–H groups in total. The van der Waals surface area contributed by atoms with Gasteiger partial charge in [0, 0.05) is 12.8 Å². The lowest BCUT2D eigenvalue weighted by Gasteiger charge is -2.23. The Labute approximate surface area is 110 Å². The van der Waals surface area contributed by atoms with Crippen LogP contribution in [0.3, 0.4) is 0 Å². The lowest BCUT2D eigenvalue weighted by Crippen LogP contribution is -2.38. The van der Waals surface area contributed by atoms with Gasteiger partial charge in [-0.25, -0.2) is 0 Å². The minimum atomic E-state index is -1.52. The summed E-state index contributed by atoms with van der Waals surface area (Å²) >= 11 is 23.7. The molecule has 0 fully saturated rings. The van der Waals surface area contributed by atoms with Crippen LogP contribution in [-0.2, 0) is 4.79 Å². The van der Waals surface area contributed by atoms with Gasteiger partial charge in [-0.3, -0.25) is 4.79 Å². The van der Waals surface area contributed by atoms with Crippen molar-refractivity contribution >= 4 is 52.2 Å². The first-order valence-corrected chi connectivity index (χ1v) is 6.17. The molecule has 0 aromatic rings. The topological polar surface area (TPSA) is 17.1 Å². The van der Waals surface area contributed by atoms with Crippen LogP contribution in [-0.4, -0.2) is 14.4 Å². The van der Waals surface area contributed by atoms with Crippen molar-refractivity contribution < 1.29 is 4.79 Å². The summed E-state index contributed by atoms with van der Waals surface area (Å²) in [5, 5.41) is 0. The van der Waals surface area contributed by atoms with E-state index >= 15 is 0 Å². The maximum atomic E-state index is 11.8. The van der Waals surface area contributed by atoms with Crippen molar-refractivity contribution in [2.75, 3.05) is 0 Å². The summed E-state index contributed by atoms with van der Waals surface area (Å²) in [4.78, 5) is 11.8. The molecule has 0 spiro atoms. The molecule has 15 heavy (non-hydrogen) atoms. The van der Waals surface area contributed by atoms with Crippen LogP contribution in [0.15, 0.2) is 11.6 Å². The van der Waals surface area contributed by atoms with Crippen LogP contribution in [0.5, 0.6) is 0 Å². The van der Waals surface area contributed by atoms with Gasteiger partial charge in [-0.05, 0) is 5.92 Å². The summed E-state index contributed by atoms with van der Waals surface area (Å²) in [5.41, 5.74) is 1.01. The maximum Gasteiger partial charge on any atom is 0.205 e. The fourth-order valence-electron chi connectivity index (χ4n) is 1.47. The number of allylic oxidation sites excluding steroid dienone is 2. The molecule has 0 aliphatic heterocycles. The summed E-state index contributed by atoms with van der Waals surface area (Å²) in [7, 11) is 0. The van der Waals surface area contributed by atoms with Crippen molar-refractivity contribution in [3.05, 3.63) is 11.6 Å². The molecule has 86 valence electrons. The van der Waals surface area contributed by atoms with Crippen LogP contribution in [0.4, 0.5) is 0 Å². The van der Waals surface area contributed by atoms with Crippen LogP contribution >= 0.6 is 46.4 Å². The molecular weight excluding hydrogens is 278 g/mol. The Bertz CT molecular complexity index is 305. The summed E-state index contributed by atoms with van der Waals surface area (Å²) in [6, 6.07) is 0. The lowest BCUT2D eigenvalue weighted by atomic mass is 9.98. The average molecular weight is 290 g/mol. The van der Waals surface area contributed by atoms with E-state index < -0.39 is 14.4 Å². The number of carbonyl (C=O) groups excluding carboxylic acids is 1. The minimum Gasteiger partial charge on any atom is -0.293 e. The maximum absolute atomic E-state index is 11.8. The predicted octanol–water partition coefficient (Wildman–Crippen LogP) is 4.28. The molecule has 0 amide bonds. The highest BCUT2D eigenvalue weighted by atomic mass is 35.5. The van der Waals surface area contributed by atoms with Crippen molar-refractivity contribution in [1.29, 1.82) is 0 Å². The summed E-state index contributed by atoms with van der Waals surface area (Å²) < 4.78 is -3.03. The number of hydrogen-bond acceptors (Lipinski definition) is 1. The third-order valence-electron chi connectivity index (χ3n) is 2.45. The normalized spacial score (nSPS) is 25.0. The van der Waals surface area contributed by atoms with Crippen molar-refractivity contribution in [2.45, 2.75) is 35.4 Å². The Kier molecular flexibility index (Phi) is 4.04. The molecule has 0 saturated heterocycles. The van der Waals surface area contributed by atoms with Crippen molar-refractivity contribution in [2.24, 2.45) is 5.92 Å². The van der Waals surface area contributed by atoms with Crippen molar-refractivity contribution in [1.82, 2.24) is 0 Å². The Morgan fingerprint density at radius 2 is 1.73 bits per heavy atom. The van der Waals surface area contributed by atoms with Crippen molar-refractivity contribution in [3.63, 3.8) is 0 Å². The summed E-state index contributed by atoms with van der Waals surface area (Å²) in [6.07, 6.45) is 2.40. The first-order chi connectivity index (χ1) is 6.67. The third-order valence-corrected chi connectivity index (χ3v) is 3.72. The molecule has 0 aromatic heterocycles. The van der Waals surface area contributed by atoms with Gasteiger partial charge in [-0.2, -0.15) is 0 Å². The Balaban J connectivity index is 3.07. The average Bonchev–Trinajstić information content (AvgIpc) is 2.16. The Hall–Kier alpha value is 0.570. The zero-order chi connectivity index (χ0) is 11.9. The minimum absolute atomic E-state index is 0.254. The predicted molar refractivity (Wildman–Crippen MR) is 66.0 cm³/mol. The van der Waals surface area contributed by atoms with E-state index in [1.807, 2.05) is 19.9 Å². The van der Waals surface area contributed by atoms with Crippen LogP contribution < -0.4 is 0 Å². The molecule has 1 aliphatic rings. The van der Waals surface area contributed by atoms with Gasteiger partial charge in [0.2, 0.25) is 5.78 Å². The smallest absolute Gasteiger partial charge is 0.205 e. The van der Waals surface area contributed by atoms with E-state index in [1.165, 1.54) is 0 Å². The Morgan fingerprint density at radius 3 is 2.20 bits per heavy atom. The second kappa shape index (κ2) is 4.44. The summed E-state index contributed by atoms with van der Waals surface area (Å²) in [5.74, 6) is -0.259. The molecule has 5 heteroatoms. The van der Waals surface area contributed by atoms with Crippen LogP contribution in [0, 0.1) is 5.92 Å². The van der Waals surface area contributed by atoms with E-state index in [9.17, 15) is 4.79 Å². The van der Waals surface area contributed by atoms with Crippen molar-refractivity contribution in [3.8, 4) is 0 Å².